The van der Waals surface area contributed by atoms with Crippen LogP contribution in [0.4, 0.5) is 0 Å². The van der Waals surface area contributed by atoms with Crippen molar-refractivity contribution in [3.63, 3.8) is 0 Å². The van der Waals surface area contributed by atoms with Crippen molar-refractivity contribution in [2.24, 2.45) is 0 Å². The van der Waals surface area contributed by atoms with Gasteiger partial charge in [-0.25, -0.2) is 0 Å². The highest BCUT2D eigenvalue weighted by Gasteiger charge is 2.16. The molecule has 0 saturated carbocycles. The van der Waals surface area contributed by atoms with E-state index in [1.54, 1.807) is 14.2 Å². The van der Waals surface area contributed by atoms with Crippen LogP contribution in [0.3, 0.4) is 0 Å². The number of hydrogen-bond donors (Lipinski definition) is 0. The molecule has 0 aliphatic carbocycles. The summed E-state index contributed by atoms with van der Waals surface area (Å²) in [5.74, 6) is 1.68. The van der Waals surface area contributed by atoms with Crippen molar-refractivity contribution in [2.45, 2.75) is 18.2 Å². The predicted octanol–water partition coefficient (Wildman–Crippen LogP) is 4.75. The molecule has 1 atom stereocenters. The number of hydrogen-bond acceptors (Lipinski definition) is 2. The lowest BCUT2D eigenvalue weighted by atomic mass is 10.0. The van der Waals surface area contributed by atoms with Crippen molar-refractivity contribution in [3.05, 3.63) is 59.2 Å². The monoisotopic (exact) mass is 334 g/mol. The number of halogens is 1. The van der Waals surface area contributed by atoms with E-state index in [0.29, 0.717) is 0 Å². The van der Waals surface area contributed by atoms with Crippen LogP contribution >= 0.6 is 15.9 Å². The molecular formula is C17H19BrO2. The average Bonchev–Trinajstić information content (AvgIpc) is 2.53. The molecule has 2 aromatic carbocycles. The van der Waals surface area contributed by atoms with E-state index < -0.39 is 0 Å². The molecule has 0 N–H and O–H groups in total. The quantitative estimate of drug-likeness (QED) is 0.734. The number of rotatable bonds is 5. The summed E-state index contributed by atoms with van der Waals surface area (Å²) >= 11 is 3.76. The highest BCUT2D eigenvalue weighted by molar-refractivity contribution is 9.09. The standard InChI is InChI=1S/C17H19BrO2/c1-4-12-5-7-13(8-6-12)17(18)15-11-14(19-2)9-10-16(15)20-3/h5-11,17H,4H2,1-3H3. The molecule has 2 rings (SSSR count). The fraction of sp³-hybridized carbons (Fsp3) is 0.294. The van der Waals surface area contributed by atoms with Gasteiger partial charge in [0.05, 0.1) is 19.0 Å². The Balaban J connectivity index is 2.37. The first-order valence-electron chi connectivity index (χ1n) is 6.64. The van der Waals surface area contributed by atoms with Crippen LogP contribution in [0.25, 0.3) is 0 Å². The molecule has 0 fully saturated rings. The zero-order chi connectivity index (χ0) is 14.5. The van der Waals surface area contributed by atoms with Crippen molar-refractivity contribution in [2.75, 3.05) is 14.2 Å². The number of aryl methyl sites for hydroxylation is 1. The lowest BCUT2D eigenvalue weighted by molar-refractivity contribution is 0.399. The summed E-state index contributed by atoms with van der Waals surface area (Å²) in [6.07, 6.45) is 1.05. The Morgan fingerprint density at radius 1 is 1.00 bits per heavy atom. The van der Waals surface area contributed by atoms with Gasteiger partial charge >= 0.3 is 0 Å². The molecule has 0 heterocycles. The van der Waals surface area contributed by atoms with E-state index in [9.17, 15) is 0 Å². The van der Waals surface area contributed by atoms with Crippen molar-refractivity contribution >= 4 is 15.9 Å². The largest absolute Gasteiger partial charge is 0.497 e. The van der Waals surface area contributed by atoms with Crippen molar-refractivity contribution < 1.29 is 9.47 Å². The van der Waals surface area contributed by atoms with Gasteiger partial charge in [-0.3, -0.25) is 0 Å². The van der Waals surface area contributed by atoms with Gasteiger partial charge in [0.15, 0.2) is 0 Å². The minimum Gasteiger partial charge on any atom is -0.497 e. The van der Waals surface area contributed by atoms with Crippen LogP contribution in [0.2, 0.25) is 0 Å². The molecule has 0 radical (unpaired) electrons. The summed E-state index contributed by atoms with van der Waals surface area (Å²) in [7, 11) is 3.36. The van der Waals surface area contributed by atoms with E-state index in [2.05, 4.69) is 47.1 Å². The van der Waals surface area contributed by atoms with Crippen LogP contribution in [0.5, 0.6) is 11.5 Å². The fourth-order valence-corrected chi connectivity index (χ4v) is 2.80. The van der Waals surface area contributed by atoms with E-state index >= 15 is 0 Å². The molecular weight excluding hydrogens is 316 g/mol. The molecule has 0 bridgehead atoms. The fourth-order valence-electron chi connectivity index (χ4n) is 2.14. The Hall–Kier alpha value is -1.48. The van der Waals surface area contributed by atoms with Gasteiger partial charge < -0.3 is 9.47 Å². The zero-order valence-electron chi connectivity index (χ0n) is 12.0. The van der Waals surface area contributed by atoms with Crippen molar-refractivity contribution in [3.8, 4) is 11.5 Å². The SMILES string of the molecule is CCc1ccc(C(Br)c2cc(OC)ccc2OC)cc1. The van der Waals surface area contributed by atoms with Gasteiger partial charge in [0, 0.05) is 5.56 Å². The average molecular weight is 335 g/mol. The van der Waals surface area contributed by atoms with Crippen LogP contribution < -0.4 is 9.47 Å². The van der Waals surface area contributed by atoms with Crippen LogP contribution in [0.15, 0.2) is 42.5 Å². The van der Waals surface area contributed by atoms with Gasteiger partial charge in [-0.2, -0.15) is 0 Å². The Bertz CT molecular complexity index is 564. The summed E-state index contributed by atoms with van der Waals surface area (Å²) in [5, 5.41) is 0. The van der Waals surface area contributed by atoms with Crippen LogP contribution in [0.1, 0.15) is 28.4 Å². The molecule has 2 aromatic rings. The number of benzene rings is 2. The summed E-state index contributed by atoms with van der Waals surface area (Å²) in [5.41, 5.74) is 3.61. The van der Waals surface area contributed by atoms with Crippen molar-refractivity contribution in [1.29, 1.82) is 0 Å². The van der Waals surface area contributed by atoms with Crippen LogP contribution in [0, 0.1) is 0 Å². The maximum atomic E-state index is 5.45. The molecule has 2 nitrogen and oxygen atoms in total. The topological polar surface area (TPSA) is 18.5 Å². The Kier molecular flexibility index (Phi) is 5.07. The van der Waals surface area contributed by atoms with Gasteiger partial charge in [0.2, 0.25) is 0 Å². The Morgan fingerprint density at radius 2 is 1.70 bits per heavy atom. The summed E-state index contributed by atoms with van der Waals surface area (Å²) in [6.45, 7) is 2.16. The third-order valence-corrected chi connectivity index (χ3v) is 4.41. The smallest absolute Gasteiger partial charge is 0.123 e. The molecule has 106 valence electrons. The second-order valence-electron chi connectivity index (χ2n) is 4.57. The van der Waals surface area contributed by atoms with Gasteiger partial charge in [0.25, 0.3) is 0 Å². The number of ether oxygens (including phenoxy) is 2. The maximum Gasteiger partial charge on any atom is 0.123 e. The second-order valence-corrected chi connectivity index (χ2v) is 5.48. The van der Waals surface area contributed by atoms with Gasteiger partial charge in [-0.15, -0.1) is 0 Å². The first-order valence-corrected chi connectivity index (χ1v) is 7.56. The van der Waals surface area contributed by atoms with E-state index in [4.69, 9.17) is 9.47 Å². The Morgan fingerprint density at radius 3 is 2.25 bits per heavy atom. The molecule has 0 saturated heterocycles. The first kappa shape index (κ1) is 14.9. The van der Waals surface area contributed by atoms with Gasteiger partial charge in [0.1, 0.15) is 11.5 Å². The lowest BCUT2D eigenvalue weighted by Gasteiger charge is -2.16. The van der Waals surface area contributed by atoms with Crippen molar-refractivity contribution in [1.82, 2.24) is 0 Å². The predicted molar refractivity (Wildman–Crippen MR) is 86.1 cm³/mol. The molecule has 1 unspecified atom stereocenters. The molecule has 20 heavy (non-hydrogen) atoms. The van der Waals surface area contributed by atoms with E-state index in [-0.39, 0.29) is 4.83 Å². The van der Waals surface area contributed by atoms with Crippen LogP contribution in [-0.4, -0.2) is 14.2 Å². The third kappa shape index (κ3) is 3.15. The minimum absolute atomic E-state index is 0.0819. The Labute approximate surface area is 128 Å². The lowest BCUT2D eigenvalue weighted by Crippen LogP contribution is -1.98. The molecule has 0 aliphatic rings. The zero-order valence-corrected chi connectivity index (χ0v) is 13.6. The van der Waals surface area contributed by atoms with E-state index in [1.807, 2.05) is 18.2 Å². The molecule has 0 spiro atoms. The van der Waals surface area contributed by atoms with Gasteiger partial charge in [-0.1, -0.05) is 47.1 Å². The maximum absolute atomic E-state index is 5.45. The minimum atomic E-state index is 0.0819. The molecule has 0 aromatic heterocycles. The molecule has 3 heteroatoms. The number of alkyl halides is 1. The highest BCUT2D eigenvalue weighted by atomic mass is 79.9. The van der Waals surface area contributed by atoms with E-state index in [1.165, 1.54) is 11.1 Å². The third-order valence-electron chi connectivity index (χ3n) is 3.39. The van der Waals surface area contributed by atoms with E-state index in [0.717, 1.165) is 23.5 Å². The summed E-state index contributed by atoms with van der Waals surface area (Å²) in [6, 6.07) is 14.5. The molecule has 0 amide bonds. The van der Waals surface area contributed by atoms with Gasteiger partial charge in [-0.05, 0) is 35.7 Å². The highest BCUT2D eigenvalue weighted by Crippen LogP contribution is 2.38. The van der Waals surface area contributed by atoms with Crippen LogP contribution in [-0.2, 0) is 6.42 Å². The molecule has 0 aliphatic heterocycles. The number of methoxy groups -OCH3 is 2. The second kappa shape index (κ2) is 6.80. The normalized spacial score (nSPS) is 12.0. The summed E-state index contributed by atoms with van der Waals surface area (Å²) < 4.78 is 10.7. The summed E-state index contributed by atoms with van der Waals surface area (Å²) in [4.78, 5) is 0.0819. The first-order chi connectivity index (χ1) is 9.69.